The summed E-state index contributed by atoms with van der Waals surface area (Å²) in [4.78, 5) is 0. The Kier molecular flexibility index (Phi) is 8.57. The average molecular weight is 486 g/mol. The van der Waals surface area contributed by atoms with E-state index >= 15 is 0 Å². The molecule has 8 N–H and O–H groups in total. The van der Waals surface area contributed by atoms with Crippen LogP contribution in [0.5, 0.6) is 0 Å². The summed E-state index contributed by atoms with van der Waals surface area (Å²) in [5, 5.41) is 77.4. The van der Waals surface area contributed by atoms with Crippen molar-refractivity contribution in [2.45, 2.75) is 61.0 Å². The Bertz CT molecular complexity index is 972. The number of aliphatic hydroxyl groups is 8. The standard InChI is InChI=1S/C22H24F2O10/c23-11-5-9(1-3-13-17(27)21(31)19(29)15(7-25)33-13)6-12(24)10(11)2-4-14-18(28)22(32)20(30)16(8-26)34-14/h5-6,13-22,25-32H,7-8H2/t13-,14-,15-,16-,17-,18-,19-,20-,21-,22-/m1/s1. The monoisotopic (exact) mass is 486 g/mol. The van der Waals surface area contributed by atoms with Gasteiger partial charge < -0.3 is 50.3 Å². The highest BCUT2D eigenvalue weighted by Gasteiger charge is 2.43. The lowest BCUT2D eigenvalue weighted by Crippen LogP contribution is -2.58. The minimum Gasteiger partial charge on any atom is -0.394 e. The average Bonchev–Trinajstić information content (AvgIpc) is 2.81. The Labute approximate surface area is 192 Å². The second kappa shape index (κ2) is 11.0. The Hall–Kier alpha value is -2.20. The lowest BCUT2D eigenvalue weighted by molar-refractivity contribution is -0.214. The number of hydrogen-bond donors (Lipinski definition) is 8. The van der Waals surface area contributed by atoms with Crippen LogP contribution < -0.4 is 0 Å². The quantitative estimate of drug-likeness (QED) is 0.194. The van der Waals surface area contributed by atoms with Crippen molar-refractivity contribution in [1.29, 1.82) is 0 Å². The van der Waals surface area contributed by atoms with Crippen molar-refractivity contribution in [3.63, 3.8) is 0 Å². The van der Waals surface area contributed by atoms with Gasteiger partial charge in [-0.25, -0.2) is 8.78 Å². The maximum absolute atomic E-state index is 14.5. The molecule has 186 valence electrons. The fraction of sp³-hybridized carbons (Fsp3) is 0.545. The Balaban J connectivity index is 1.80. The topological polar surface area (TPSA) is 180 Å². The zero-order valence-corrected chi connectivity index (χ0v) is 17.5. The van der Waals surface area contributed by atoms with Gasteiger partial charge in [0.05, 0.1) is 18.8 Å². The minimum absolute atomic E-state index is 0.176. The molecule has 0 unspecified atom stereocenters. The first-order valence-electron chi connectivity index (χ1n) is 10.2. The molecule has 10 nitrogen and oxygen atoms in total. The van der Waals surface area contributed by atoms with E-state index in [1.165, 1.54) is 0 Å². The van der Waals surface area contributed by atoms with E-state index in [1.807, 2.05) is 0 Å². The summed E-state index contributed by atoms with van der Waals surface area (Å²) in [7, 11) is 0. The molecule has 0 spiro atoms. The summed E-state index contributed by atoms with van der Waals surface area (Å²) >= 11 is 0. The van der Waals surface area contributed by atoms with Crippen LogP contribution in [0.25, 0.3) is 0 Å². The van der Waals surface area contributed by atoms with Crippen molar-refractivity contribution in [1.82, 2.24) is 0 Å². The van der Waals surface area contributed by atoms with Crippen LogP contribution in [0.2, 0.25) is 0 Å². The highest BCUT2D eigenvalue weighted by Crippen LogP contribution is 2.23. The zero-order chi connectivity index (χ0) is 25.2. The molecule has 10 atom stereocenters. The highest BCUT2D eigenvalue weighted by atomic mass is 19.1. The van der Waals surface area contributed by atoms with Crippen molar-refractivity contribution < 1.29 is 59.1 Å². The van der Waals surface area contributed by atoms with Gasteiger partial charge >= 0.3 is 0 Å². The summed E-state index contributed by atoms with van der Waals surface area (Å²) in [6.07, 6.45) is -15.1. The smallest absolute Gasteiger partial charge is 0.147 e. The maximum atomic E-state index is 14.5. The molecule has 34 heavy (non-hydrogen) atoms. The maximum Gasteiger partial charge on any atom is 0.147 e. The van der Waals surface area contributed by atoms with Gasteiger partial charge in [-0.2, -0.15) is 0 Å². The van der Waals surface area contributed by atoms with Crippen molar-refractivity contribution in [2.24, 2.45) is 0 Å². The van der Waals surface area contributed by atoms with Gasteiger partial charge in [0.25, 0.3) is 0 Å². The lowest BCUT2D eigenvalue weighted by atomic mass is 9.95. The van der Waals surface area contributed by atoms with Gasteiger partial charge in [-0.15, -0.1) is 0 Å². The van der Waals surface area contributed by atoms with Gasteiger partial charge in [0.2, 0.25) is 0 Å². The van der Waals surface area contributed by atoms with Crippen LogP contribution >= 0.6 is 0 Å². The molecule has 3 rings (SSSR count). The first-order chi connectivity index (χ1) is 16.1. The molecule has 0 saturated carbocycles. The lowest BCUT2D eigenvalue weighted by Gasteiger charge is -2.37. The summed E-state index contributed by atoms with van der Waals surface area (Å²) in [6, 6.07) is 1.66. The van der Waals surface area contributed by atoms with Crippen LogP contribution in [0.15, 0.2) is 12.1 Å². The molecule has 0 amide bonds. The van der Waals surface area contributed by atoms with Crippen LogP contribution in [0.4, 0.5) is 8.78 Å². The summed E-state index contributed by atoms with van der Waals surface area (Å²) in [5.41, 5.74) is -0.874. The highest BCUT2D eigenvalue weighted by molar-refractivity contribution is 5.45. The Morgan fingerprint density at radius 2 is 1.06 bits per heavy atom. The van der Waals surface area contributed by atoms with Gasteiger partial charge in [-0.3, -0.25) is 0 Å². The van der Waals surface area contributed by atoms with Gasteiger partial charge in [-0.1, -0.05) is 23.7 Å². The van der Waals surface area contributed by atoms with E-state index in [2.05, 4.69) is 23.7 Å². The molecule has 2 aliphatic rings. The molecule has 2 heterocycles. The summed E-state index contributed by atoms with van der Waals surface area (Å²) in [6.45, 7) is -1.35. The normalized spacial score (nSPS) is 37.8. The molecule has 2 saturated heterocycles. The molecule has 1 aromatic carbocycles. The van der Waals surface area contributed by atoms with Crippen LogP contribution in [0.3, 0.4) is 0 Å². The van der Waals surface area contributed by atoms with E-state index in [4.69, 9.17) is 9.47 Å². The molecule has 0 aliphatic carbocycles. The molecular formula is C22H24F2O10. The number of halogens is 2. The third kappa shape index (κ3) is 5.38. The number of aliphatic hydroxyl groups excluding tert-OH is 8. The van der Waals surface area contributed by atoms with Crippen molar-refractivity contribution in [3.05, 3.63) is 34.9 Å². The minimum atomic E-state index is -1.69. The Morgan fingerprint density at radius 3 is 1.47 bits per heavy atom. The number of benzene rings is 1. The molecule has 1 aromatic rings. The fourth-order valence-corrected chi connectivity index (χ4v) is 3.50. The molecule has 2 aliphatic heterocycles. The van der Waals surface area contributed by atoms with Gasteiger partial charge in [0.1, 0.15) is 72.7 Å². The zero-order valence-electron chi connectivity index (χ0n) is 17.5. The van der Waals surface area contributed by atoms with Gasteiger partial charge in [0.15, 0.2) is 0 Å². The third-order valence-corrected chi connectivity index (χ3v) is 5.52. The summed E-state index contributed by atoms with van der Waals surface area (Å²) < 4.78 is 39.3. The number of ether oxygens (including phenoxy) is 2. The van der Waals surface area contributed by atoms with E-state index in [-0.39, 0.29) is 5.56 Å². The first kappa shape index (κ1) is 26.4. The second-order valence-electron chi connectivity index (χ2n) is 7.85. The van der Waals surface area contributed by atoms with E-state index < -0.39 is 91.5 Å². The van der Waals surface area contributed by atoms with E-state index in [9.17, 15) is 49.6 Å². The predicted molar refractivity (Wildman–Crippen MR) is 108 cm³/mol. The van der Waals surface area contributed by atoms with E-state index in [0.717, 1.165) is 12.1 Å². The molecule has 0 radical (unpaired) electrons. The third-order valence-electron chi connectivity index (χ3n) is 5.52. The largest absolute Gasteiger partial charge is 0.394 e. The van der Waals surface area contributed by atoms with Crippen LogP contribution in [-0.4, -0.2) is 115 Å². The fourth-order valence-electron chi connectivity index (χ4n) is 3.50. The van der Waals surface area contributed by atoms with Crippen molar-refractivity contribution in [3.8, 4) is 23.7 Å². The van der Waals surface area contributed by atoms with E-state index in [0.29, 0.717) is 0 Å². The Morgan fingerprint density at radius 1 is 0.647 bits per heavy atom. The predicted octanol–water partition coefficient (Wildman–Crippen LogP) is -3.65. The van der Waals surface area contributed by atoms with Crippen molar-refractivity contribution in [2.75, 3.05) is 13.2 Å². The van der Waals surface area contributed by atoms with Crippen LogP contribution in [-0.2, 0) is 9.47 Å². The molecule has 12 heteroatoms. The second-order valence-corrected chi connectivity index (χ2v) is 7.85. The van der Waals surface area contributed by atoms with Gasteiger partial charge in [0, 0.05) is 5.56 Å². The van der Waals surface area contributed by atoms with Gasteiger partial charge in [-0.05, 0) is 12.1 Å². The van der Waals surface area contributed by atoms with Crippen LogP contribution in [0, 0.1) is 35.3 Å². The number of hydrogen-bond acceptors (Lipinski definition) is 10. The van der Waals surface area contributed by atoms with Crippen LogP contribution in [0.1, 0.15) is 11.1 Å². The van der Waals surface area contributed by atoms with Crippen molar-refractivity contribution >= 4 is 0 Å². The molecule has 0 aromatic heterocycles. The summed E-state index contributed by atoms with van der Waals surface area (Å²) in [5.74, 6) is 6.93. The molecule has 0 bridgehead atoms. The number of rotatable bonds is 2. The van der Waals surface area contributed by atoms with E-state index in [1.54, 1.807) is 0 Å². The SMILES string of the molecule is OC[C@H]1O[C@H](C#Cc2cc(F)c(C#C[C@H]3O[C@H](CO)[C@@H](O)[C@H](O)[C@@H]3O)c(F)c2)[C@@H](O)[C@@H](O)[C@@H]1O. The molecule has 2 fully saturated rings. The molecular weight excluding hydrogens is 462 g/mol. The first-order valence-corrected chi connectivity index (χ1v) is 10.2.